The highest BCUT2D eigenvalue weighted by molar-refractivity contribution is 5.93. The van der Waals surface area contributed by atoms with Crippen LogP contribution < -0.4 is 9.47 Å². The Morgan fingerprint density at radius 2 is 1.18 bits per heavy atom. The minimum atomic E-state index is -0.633. The quantitative estimate of drug-likeness (QED) is 0.493. The average molecular weight is 296 g/mol. The Hall–Kier alpha value is -2.88. The molecule has 2 aromatic carbocycles. The van der Waals surface area contributed by atoms with E-state index in [0.29, 0.717) is 11.5 Å². The molecule has 2 rings (SSSR count). The SMILES string of the molecule is Cc1cccc(OC(=O)/C=C\C(=O)Oc2cccc(C)c2)c1. The predicted octanol–water partition coefficient (Wildman–Crippen LogP) is 3.37. The average Bonchev–Trinajstić information content (AvgIpc) is 2.45. The Bertz CT molecular complexity index is 655. The third-order valence-electron chi connectivity index (χ3n) is 2.77. The van der Waals surface area contributed by atoms with Gasteiger partial charge in [0.25, 0.3) is 0 Å². The van der Waals surface area contributed by atoms with Crippen LogP contribution in [0.25, 0.3) is 0 Å². The lowest BCUT2D eigenvalue weighted by Crippen LogP contribution is -2.08. The van der Waals surface area contributed by atoms with Crippen molar-refractivity contribution in [3.63, 3.8) is 0 Å². The summed E-state index contributed by atoms with van der Waals surface area (Å²) in [6.07, 6.45) is 2.08. The van der Waals surface area contributed by atoms with E-state index in [1.807, 2.05) is 26.0 Å². The van der Waals surface area contributed by atoms with E-state index in [9.17, 15) is 9.59 Å². The summed E-state index contributed by atoms with van der Waals surface area (Å²) < 4.78 is 10.2. The zero-order valence-electron chi connectivity index (χ0n) is 12.4. The molecule has 0 radical (unpaired) electrons. The Morgan fingerprint density at radius 3 is 1.55 bits per heavy atom. The van der Waals surface area contributed by atoms with Gasteiger partial charge in [0.15, 0.2) is 0 Å². The maximum absolute atomic E-state index is 11.6. The molecule has 4 heteroatoms. The molecule has 0 fully saturated rings. The van der Waals surface area contributed by atoms with E-state index in [1.165, 1.54) is 0 Å². The lowest BCUT2D eigenvalue weighted by molar-refractivity contribution is -0.131. The van der Waals surface area contributed by atoms with Crippen molar-refractivity contribution in [2.75, 3.05) is 0 Å². The fraction of sp³-hybridized carbons (Fsp3) is 0.111. The number of ether oxygens (including phenoxy) is 2. The highest BCUT2D eigenvalue weighted by Crippen LogP contribution is 2.13. The minimum absolute atomic E-state index is 0.432. The molecule has 0 saturated heterocycles. The van der Waals surface area contributed by atoms with Crippen LogP contribution in [-0.4, -0.2) is 11.9 Å². The van der Waals surface area contributed by atoms with E-state index in [4.69, 9.17) is 9.47 Å². The van der Waals surface area contributed by atoms with Crippen LogP contribution >= 0.6 is 0 Å². The summed E-state index contributed by atoms with van der Waals surface area (Å²) in [6.45, 7) is 3.79. The molecule has 0 heterocycles. The first-order valence-electron chi connectivity index (χ1n) is 6.78. The van der Waals surface area contributed by atoms with Gasteiger partial charge in [0, 0.05) is 12.2 Å². The Kier molecular flexibility index (Phi) is 5.09. The zero-order chi connectivity index (χ0) is 15.9. The maximum atomic E-state index is 11.6. The smallest absolute Gasteiger partial charge is 0.336 e. The summed E-state index contributed by atoms with van der Waals surface area (Å²) in [7, 11) is 0. The van der Waals surface area contributed by atoms with Gasteiger partial charge in [-0.1, -0.05) is 24.3 Å². The largest absolute Gasteiger partial charge is 0.423 e. The molecule has 22 heavy (non-hydrogen) atoms. The van der Waals surface area contributed by atoms with Crippen LogP contribution in [0.3, 0.4) is 0 Å². The van der Waals surface area contributed by atoms with E-state index in [0.717, 1.165) is 23.3 Å². The molecule has 112 valence electrons. The second kappa shape index (κ2) is 7.22. The first-order valence-corrected chi connectivity index (χ1v) is 6.78. The van der Waals surface area contributed by atoms with Crippen LogP contribution in [0.1, 0.15) is 11.1 Å². The van der Waals surface area contributed by atoms with E-state index in [2.05, 4.69) is 0 Å². The van der Waals surface area contributed by atoms with Crippen molar-refractivity contribution in [2.24, 2.45) is 0 Å². The fourth-order valence-corrected chi connectivity index (χ4v) is 1.79. The Morgan fingerprint density at radius 1 is 0.773 bits per heavy atom. The van der Waals surface area contributed by atoms with Crippen LogP contribution in [0.5, 0.6) is 11.5 Å². The fourth-order valence-electron chi connectivity index (χ4n) is 1.79. The topological polar surface area (TPSA) is 52.6 Å². The first-order chi connectivity index (χ1) is 10.5. The van der Waals surface area contributed by atoms with Gasteiger partial charge in [-0.05, 0) is 49.2 Å². The molecule has 0 spiro atoms. The van der Waals surface area contributed by atoms with Gasteiger partial charge in [0.05, 0.1) is 0 Å². The number of aryl methyl sites for hydroxylation is 2. The second-order valence-electron chi connectivity index (χ2n) is 4.81. The van der Waals surface area contributed by atoms with Crippen LogP contribution in [0.2, 0.25) is 0 Å². The molecule has 0 unspecified atom stereocenters. The number of carbonyl (C=O) groups excluding carboxylic acids is 2. The number of hydrogen-bond acceptors (Lipinski definition) is 4. The van der Waals surface area contributed by atoms with Crippen molar-refractivity contribution < 1.29 is 19.1 Å². The van der Waals surface area contributed by atoms with Crippen LogP contribution in [-0.2, 0) is 9.59 Å². The Balaban J connectivity index is 1.90. The van der Waals surface area contributed by atoms with Crippen LogP contribution in [0, 0.1) is 13.8 Å². The van der Waals surface area contributed by atoms with E-state index < -0.39 is 11.9 Å². The molecule has 0 aromatic heterocycles. The summed E-state index contributed by atoms with van der Waals surface area (Å²) in [5, 5.41) is 0. The second-order valence-corrected chi connectivity index (χ2v) is 4.81. The zero-order valence-corrected chi connectivity index (χ0v) is 12.4. The molecule has 4 nitrogen and oxygen atoms in total. The molecule has 0 bridgehead atoms. The maximum Gasteiger partial charge on any atom is 0.336 e. The van der Waals surface area contributed by atoms with Crippen molar-refractivity contribution in [1.29, 1.82) is 0 Å². The van der Waals surface area contributed by atoms with Gasteiger partial charge < -0.3 is 9.47 Å². The molecule has 2 aromatic rings. The predicted molar refractivity (Wildman–Crippen MR) is 82.8 cm³/mol. The normalized spacial score (nSPS) is 10.5. The van der Waals surface area contributed by atoms with E-state index >= 15 is 0 Å². The Labute approximate surface area is 129 Å². The van der Waals surface area contributed by atoms with Crippen molar-refractivity contribution in [3.05, 3.63) is 71.8 Å². The van der Waals surface area contributed by atoms with Crippen molar-refractivity contribution in [1.82, 2.24) is 0 Å². The molecular formula is C18H16O4. The number of benzene rings is 2. The number of rotatable bonds is 4. The van der Waals surface area contributed by atoms with Gasteiger partial charge in [-0.25, -0.2) is 9.59 Å². The minimum Gasteiger partial charge on any atom is -0.423 e. The molecule has 0 amide bonds. The highest BCUT2D eigenvalue weighted by atomic mass is 16.5. The lowest BCUT2D eigenvalue weighted by atomic mass is 10.2. The third-order valence-corrected chi connectivity index (χ3v) is 2.77. The molecule has 0 atom stereocenters. The summed E-state index contributed by atoms with van der Waals surface area (Å²) in [5.74, 6) is -0.401. The van der Waals surface area contributed by atoms with Gasteiger partial charge in [-0.15, -0.1) is 0 Å². The van der Waals surface area contributed by atoms with Crippen molar-refractivity contribution in [2.45, 2.75) is 13.8 Å². The van der Waals surface area contributed by atoms with Crippen LogP contribution in [0.4, 0.5) is 0 Å². The van der Waals surface area contributed by atoms with Gasteiger partial charge in [0.2, 0.25) is 0 Å². The number of hydrogen-bond donors (Lipinski definition) is 0. The summed E-state index contributed by atoms with van der Waals surface area (Å²) in [6, 6.07) is 14.2. The molecular weight excluding hydrogens is 280 g/mol. The first kappa shape index (κ1) is 15.5. The summed E-state index contributed by atoms with van der Waals surface area (Å²) in [4.78, 5) is 23.2. The summed E-state index contributed by atoms with van der Waals surface area (Å²) in [5.41, 5.74) is 1.96. The van der Waals surface area contributed by atoms with Crippen LogP contribution in [0.15, 0.2) is 60.7 Å². The van der Waals surface area contributed by atoms with Gasteiger partial charge in [0.1, 0.15) is 11.5 Å². The van der Waals surface area contributed by atoms with Crippen molar-refractivity contribution >= 4 is 11.9 Å². The number of carbonyl (C=O) groups is 2. The third kappa shape index (κ3) is 4.90. The molecule has 0 aliphatic rings. The summed E-state index contributed by atoms with van der Waals surface area (Å²) >= 11 is 0. The molecule has 0 aliphatic heterocycles. The van der Waals surface area contributed by atoms with Gasteiger partial charge in [-0.3, -0.25) is 0 Å². The van der Waals surface area contributed by atoms with Crippen molar-refractivity contribution in [3.8, 4) is 11.5 Å². The lowest BCUT2D eigenvalue weighted by Gasteiger charge is -2.03. The standard InChI is InChI=1S/C18H16O4/c1-13-5-3-7-15(11-13)21-17(19)9-10-18(20)22-16-8-4-6-14(2)12-16/h3-12H,1-2H3/b10-9-. The monoisotopic (exact) mass is 296 g/mol. The van der Waals surface area contributed by atoms with Gasteiger partial charge in [-0.2, -0.15) is 0 Å². The molecule has 0 aliphatic carbocycles. The highest BCUT2D eigenvalue weighted by Gasteiger charge is 2.04. The molecule has 0 saturated carbocycles. The van der Waals surface area contributed by atoms with E-state index in [-0.39, 0.29) is 0 Å². The van der Waals surface area contributed by atoms with E-state index in [1.54, 1.807) is 36.4 Å². The molecule has 0 N–H and O–H groups in total. The van der Waals surface area contributed by atoms with Gasteiger partial charge >= 0.3 is 11.9 Å². The number of esters is 2.